The molecule has 0 unspecified atom stereocenters. The summed E-state index contributed by atoms with van der Waals surface area (Å²) in [4.78, 5) is 18.7. The van der Waals surface area contributed by atoms with Gasteiger partial charge in [0.2, 0.25) is 0 Å². The summed E-state index contributed by atoms with van der Waals surface area (Å²) in [6.07, 6.45) is 4.43. The summed E-state index contributed by atoms with van der Waals surface area (Å²) in [5, 5.41) is 16.0. The second kappa shape index (κ2) is 8.11. The number of aliphatic hydroxyl groups is 1. The average molecular weight is 344 g/mol. The first-order chi connectivity index (χ1) is 12.2. The maximum atomic E-state index is 12.2. The molecule has 3 heterocycles. The Hall–Kier alpha value is -2.41. The molecule has 0 radical (unpaired) electrons. The van der Waals surface area contributed by atoms with E-state index in [9.17, 15) is 9.90 Å². The van der Waals surface area contributed by atoms with Crippen LogP contribution in [0.3, 0.4) is 0 Å². The zero-order valence-corrected chi connectivity index (χ0v) is 14.4. The van der Waals surface area contributed by atoms with Gasteiger partial charge in [-0.3, -0.25) is 4.79 Å². The summed E-state index contributed by atoms with van der Waals surface area (Å²) >= 11 is 0. The van der Waals surface area contributed by atoms with Gasteiger partial charge in [-0.2, -0.15) is 0 Å². The van der Waals surface area contributed by atoms with Crippen LogP contribution in [0, 0.1) is 5.92 Å². The van der Waals surface area contributed by atoms with Gasteiger partial charge in [0.25, 0.3) is 5.91 Å². The molecule has 0 spiro atoms. The number of nitrogens with zero attached hydrogens (tertiary/aromatic N) is 3. The van der Waals surface area contributed by atoms with Crippen LogP contribution in [0.15, 0.2) is 28.9 Å². The number of carbonyl (C=O) groups is 1. The highest BCUT2D eigenvalue weighted by molar-refractivity contribution is 5.93. The van der Waals surface area contributed by atoms with Gasteiger partial charge in [-0.25, -0.2) is 4.98 Å². The molecule has 1 amide bonds. The van der Waals surface area contributed by atoms with Crippen molar-refractivity contribution in [2.45, 2.75) is 32.7 Å². The van der Waals surface area contributed by atoms with Crippen LogP contribution >= 0.6 is 0 Å². The summed E-state index contributed by atoms with van der Waals surface area (Å²) < 4.78 is 5.20. The Morgan fingerprint density at radius 1 is 1.48 bits per heavy atom. The Kier molecular flexibility index (Phi) is 5.65. The zero-order chi connectivity index (χ0) is 17.6. The first-order valence-electron chi connectivity index (χ1n) is 8.74. The Morgan fingerprint density at radius 2 is 2.36 bits per heavy atom. The Morgan fingerprint density at radius 3 is 3.04 bits per heavy atom. The highest BCUT2D eigenvalue weighted by Gasteiger charge is 2.22. The molecular formula is C18H24N4O3. The number of aryl methyl sites for hydroxylation is 1. The number of rotatable bonds is 7. The fraction of sp³-hybridized carbons (Fsp3) is 0.500. The van der Waals surface area contributed by atoms with E-state index in [0.717, 1.165) is 43.9 Å². The number of aliphatic hydroxyl groups excluding tert-OH is 1. The Labute approximate surface area is 147 Å². The summed E-state index contributed by atoms with van der Waals surface area (Å²) in [5.74, 6) is 1.60. The minimum absolute atomic E-state index is 0.192. The third-order valence-electron chi connectivity index (χ3n) is 4.42. The predicted octanol–water partition coefficient (Wildman–Crippen LogP) is 1.77. The molecule has 7 nitrogen and oxygen atoms in total. The van der Waals surface area contributed by atoms with Crippen molar-refractivity contribution in [1.29, 1.82) is 0 Å². The number of pyridine rings is 1. The SMILES string of the molecule is CCCc1cc(CNC(=O)c2ccc(N3CC[C@@H](CO)C3)nc2)on1. The van der Waals surface area contributed by atoms with Gasteiger partial charge in [-0.05, 0) is 25.0 Å². The third-order valence-corrected chi connectivity index (χ3v) is 4.42. The number of hydrogen-bond acceptors (Lipinski definition) is 6. The van der Waals surface area contributed by atoms with Crippen LogP contribution < -0.4 is 10.2 Å². The number of aromatic nitrogens is 2. The van der Waals surface area contributed by atoms with Crippen LogP contribution in [-0.2, 0) is 13.0 Å². The molecule has 2 aromatic rings. The molecule has 2 N–H and O–H groups in total. The third kappa shape index (κ3) is 4.36. The van der Waals surface area contributed by atoms with Gasteiger partial charge < -0.3 is 19.8 Å². The van der Waals surface area contributed by atoms with Crippen molar-refractivity contribution in [2.75, 3.05) is 24.6 Å². The Bertz CT molecular complexity index is 699. The number of carbonyl (C=O) groups excluding carboxylic acids is 1. The van der Waals surface area contributed by atoms with Crippen molar-refractivity contribution < 1.29 is 14.4 Å². The largest absolute Gasteiger partial charge is 0.396 e. The quantitative estimate of drug-likeness (QED) is 0.795. The lowest BCUT2D eigenvalue weighted by Gasteiger charge is -2.17. The van der Waals surface area contributed by atoms with Crippen LogP contribution in [-0.4, -0.2) is 40.9 Å². The van der Waals surface area contributed by atoms with Gasteiger partial charge in [0.05, 0.1) is 17.8 Å². The highest BCUT2D eigenvalue weighted by Crippen LogP contribution is 2.21. The predicted molar refractivity (Wildman–Crippen MR) is 93.3 cm³/mol. The Balaban J connectivity index is 1.53. The number of anilines is 1. The van der Waals surface area contributed by atoms with Crippen LogP contribution in [0.4, 0.5) is 5.82 Å². The van der Waals surface area contributed by atoms with E-state index in [1.807, 2.05) is 12.1 Å². The molecule has 134 valence electrons. The van der Waals surface area contributed by atoms with Crippen molar-refractivity contribution in [3.8, 4) is 0 Å². The molecule has 0 saturated carbocycles. The summed E-state index contributed by atoms with van der Waals surface area (Å²) in [5.41, 5.74) is 1.42. The number of amides is 1. The molecule has 2 aromatic heterocycles. The zero-order valence-electron chi connectivity index (χ0n) is 14.4. The maximum Gasteiger partial charge on any atom is 0.253 e. The monoisotopic (exact) mass is 344 g/mol. The number of hydrogen-bond donors (Lipinski definition) is 2. The molecule has 1 atom stereocenters. The summed E-state index contributed by atoms with van der Waals surface area (Å²) in [6.45, 7) is 4.29. The van der Waals surface area contributed by atoms with Gasteiger partial charge in [-0.15, -0.1) is 0 Å². The molecule has 3 rings (SSSR count). The molecule has 1 aliphatic rings. The summed E-state index contributed by atoms with van der Waals surface area (Å²) in [7, 11) is 0. The van der Waals surface area contributed by atoms with Gasteiger partial charge in [-0.1, -0.05) is 18.5 Å². The van der Waals surface area contributed by atoms with E-state index in [2.05, 4.69) is 27.3 Å². The normalized spacial score (nSPS) is 17.0. The lowest BCUT2D eigenvalue weighted by molar-refractivity contribution is 0.0946. The standard InChI is InChI=1S/C18H24N4O3/c1-2-3-15-8-16(25-21-15)10-20-18(24)14-4-5-17(19-9-14)22-7-6-13(11-22)12-23/h4-5,8-9,13,23H,2-3,6-7,10-12H2,1H3,(H,20,24)/t13-/m1/s1. The second-order valence-corrected chi connectivity index (χ2v) is 6.41. The lowest BCUT2D eigenvalue weighted by atomic mass is 10.1. The fourth-order valence-corrected chi connectivity index (χ4v) is 2.98. The van der Waals surface area contributed by atoms with Crippen molar-refractivity contribution in [3.63, 3.8) is 0 Å². The molecular weight excluding hydrogens is 320 g/mol. The van der Waals surface area contributed by atoms with E-state index in [-0.39, 0.29) is 12.5 Å². The molecule has 0 bridgehead atoms. The summed E-state index contributed by atoms with van der Waals surface area (Å²) in [6, 6.07) is 5.49. The molecule has 1 aliphatic heterocycles. The molecule has 7 heteroatoms. The average Bonchev–Trinajstić information content (AvgIpc) is 3.29. The van der Waals surface area contributed by atoms with E-state index in [1.165, 1.54) is 0 Å². The van der Waals surface area contributed by atoms with Crippen LogP contribution in [0.5, 0.6) is 0 Å². The molecule has 25 heavy (non-hydrogen) atoms. The van der Waals surface area contributed by atoms with E-state index in [4.69, 9.17) is 4.52 Å². The van der Waals surface area contributed by atoms with E-state index >= 15 is 0 Å². The minimum Gasteiger partial charge on any atom is -0.396 e. The maximum absolute atomic E-state index is 12.2. The van der Waals surface area contributed by atoms with E-state index < -0.39 is 0 Å². The lowest BCUT2D eigenvalue weighted by Crippen LogP contribution is -2.24. The molecule has 0 aliphatic carbocycles. The molecule has 1 fully saturated rings. The minimum atomic E-state index is -0.192. The topological polar surface area (TPSA) is 91.5 Å². The van der Waals surface area contributed by atoms with Crippen LogP contribution in [0.2, 0.25) is 0 Å². The molecule has 0 aromatic carbocycles. The smallest absolute Gasteiger partial charge is 0.253 e. The van der Waals surface area contributed by atoms with E-state index in [1.54, 1.807) is 12.3 Å². The van der Waals surface area contributed by atoms with Crippen LogP contribution in [0.1, 0.15) is 41.6 Å². The van der Waals surface area contributed by atoms with Gasteiger partial charge in [0.1, 0.15) is 5.82 Å². The van der Waals surface area contributed by atoms with Gasteiger partial charge in [0, 0.05) is 37.9 Å². The second-order valence-electron chi connectivity index (χ2n) is 6.41. The van der Waals surface area contributed by atoms with Gasteiger partial charge in [0.15, 0.2) is 5.76 Å². The first-order valence-corrected chi connectivity index (χ1v) is 8.74. The first kappa shape index (κ1) is 17.4. The molecule has 1 saturated heterocycles. The number of nitrogens with one attached hydrogen (secondary N) is 1. The highest BCUT2D eigenvalue weighted by atomic mass is 16.5. The fourth-order valence-electron chi connectivity index (χ4n) is 2.98. The van der Waals surface area contributed by atoms with Crippen molar-refractivity contribution >= 4 is 11.7 Å². The van der Waals surface area contributed by atoms with E-state index in [0.29, 0.717) is 23.8 Å². The van der Waals surface area contributed by atoms with Gasteiger partial charge >= 0.3 is 0 Å². The van der Waals surface area contributed by atoms with Crippen molar-refractivity contribution in [1.82, 2.24) is 15.5 Å². The van der Waals surface area contributed by atoms with Crippen molar-refractivity contribution in [2.24, 2.45) is 5.92 Å². The van der Waals surface area contributed by atoms with Crippen LogP contribution in [0.25, 0.3) is 0 Å². The van der Waals surface area contributed by atoms with Crippen molar-refractivity contribution in [3.05, 3.63) is 41.4 Å².